The molecule has 6 nitrogen and oxygen atoms in total. The summed E-state index contributed by atoms with van der Waals surface area (Å²) in [5.41, 5.74) is 8.78. The Labute approximate surface area is 178 Å². The first kappa shape index (κ1) is 21.4. The average Bonchev–Trinajstić information content (AvgIpc) is 3.23. The molecule has 1 atom stereocenters. The maximum absolute atomic E-state index is 12.1. The lowest BCUT2D eigenvalue weighted by Gasteiger charge is -2.12. The van der Waals surface area contributed by atoms with Gasteiger partial charge in [-0.25, -0.2) is 4.52 Å². The molecule has 3 aromatic heterocycles. The van der Waals surface area contributed by atoms with Crippen LogP contribution < -0.4 is 11.1 Å². The number of nitrogens with two attached hydrogens (primary N) is 1. The van der Waals surface area contributed by atoms with Gasteiger partial charge < -0.3 is 15.8 Å². The zero-order valence-corrected chi connectivity index (χ0v) is 18.1. The Morgan fingerprint density at radius 3 is 2.93 bits per heavy atom. The molecule has 0 fully saturated rings. The molecule has 0 aliphatic rings. The number of alkyl halides is 2. The van der Waals surface area contributed by atoms with Gasteiger partial charge in [0.05, 0.1) is 13.2 Å². The third-order valence-corrected chi connectivity index (χ3v) is 6.13. The van der Waals surface area contributed by atoms with Crippen molar-refractivity contribution in [2.24, 2.45) is 5.73 Å². The van der Waals surface area contributed by atoms with Crippen LogP contribution in [0.4, 0.5) is 14.6 Å². The number of nitrogens with zero attached hydrogens (tertiary/aromatic N) is 3. The molecule has 152 valence electrons. The van der Waals surface area contributed by atoms with E-state index in [0.717, 1.165) is 21.5 Å². The predicted octanol–water partition coefficient (Wildman–Crippen LogP) is 4.63. The van der Waals surface area contributed by atoms with E-state index in [2.05, 4.69) is 36.1 Å². The topological polar surface area (TPSA) is 77.5 Å². The molecule has 0 aliphatic carbocycles. The monoisotopic (exact) mass is 493 g/mol. The average molecular weight is 495 g/mol. The Bertz CT molecular complexity index is 938. The Morgan fingerprint density at radius 2 is 2.25 bits per heavy atom. The van der Waals surface area contributed by atoms with Crippen LogP contribution in [-0.4, -0.2) is 33.9 Å². The van der Waals surface area contributed by atoms with Gasteiger partial charge in [0.25, 0.3) is 0 Å². The lowest BCUT2D eigenvalue weighted by molar-refractivity contribution is -0.129. The van der Waals surface area contributed by atoms with Gasteiger partial charge in [-0.15, -0.1) is 16.4 Å². The summed E-state index contributed by atoms with van der Waals surface area (Å²) < 4.78 is 30.9. The molecule has 0 aliphatic heterocycles. The van der Waals surface area contributed by atoms with Crippen LogP contribution in [0.1, 0.15) is 22.4 Å². The van der Waals surface area contributed by atoms with Crippen LogP contribution in [0.2, 0.25) is 5.28 Å². The largest absolute Gasteiger partial charge is 0.363 e. The van der Waals surface area contributed by atoms with E-state index in [4.69, 9.17) is 17.3 Å². The Morgan fingerprint density at radius 1 is 1.46 bits per heavy atom. The molecule has 0 saturated carbocycles. The van der Waals surface area contributed by atoms with Crippen LogP contribution in [0.5, 0.6) is 0 Å². The predicted molar refractivity (Wildman–Crippen MR) is 110 cm³/mol. The molecular formula is C17H19BrClF2N5OS. The number of fused-ring (bicyclic) bond motifs is 1. The van der Waals surface area contributed by atoms with Gasteiger partial charge in [-0.1, -0.05) is 6.07 Å². The first-order valence-electron chi connectivity index (χ1n) is 8.51. The van der Waals surface area contributed by atoms with E-state index in [1.165, 1.54) is 0 Å². The summed E-state index contributed by atoms with van der Waals surface area (Å²) in [5.74, 6) is 0.618. The van der Waals surface area contributed by atoms with E-state index >= 15 is 0 Å². The number of thiophene rings is 1. The van der Waals surface area contributed by atoms with Gasteiger partial charge in [0, 0.05) is 10.9 Å². The molecule has 0 unspecified atom stereocenters. The highest BCUT2D eigenvalue weighted by molar-refractivity contribution is 9.10. The fraction of sp³-hybridized carbons (Fsp3) is 0.412. The second kappa shape index (κ2) is 9.45. The minimum Gasteiger partial charge on any atom is -0.363 e. The van der Waals surface area contributed by atoms with Crippen LogP contribution in [-0.2, 0) is 17.7 Å². The van der Waals surface area contributed by atoms with Crippen molar-refractivity contribution < 1.29 is 13.5 Å². The molecule has 3 rings (SSSR count). The second-order valence-corrected chi connectivity index (χ2v) is 8.32. The number of rotatable bonds is 9. The lowest BCUT2D eigenvalue weighted by Crippen LogP contribution is -2.25. The van der Waals surface area contributed by atoms with Crippen LogP contribution in [0, 0.1) is 6.92 Å². The summed E-state index contributed by atoms with van der Waals surface area (Å²) in [6, 6.07) is 3.68. The van der Waals surface area contributed by atoms with Gasteiger partial charge in [-0.05, 0) is 69.9 Å². The van der Waals surface area contributed by atoms with Crippen molar-refractivity contribution >= 4 is 50.2 Å². The van der Waals surface area contributed by atoms with Crippen molar-refractivity contribution in [3.05, 3.63) is 43.4 Å². The quantitative estimate of drug-likeness (QED) is 0.454. The van der Waals surface area contributed by atoms with Gasteiger partial charge in [-0.3, -0.25) is 0 Å². The number of halogens is 4. The van der Waals surface area contributed by atoms with Crippen molar-refractivity contribution in [2.45, 2.75) is 39.0 Å². The van der Waals surface area contributed by atoms with Crippen LogP contribution >= 0.6 is 38.9 Å². The third kappa shape index (κ3) is 4.98. The number of nitrogens with one attached hydrogen (secondary N) is 1. The fourth-order valence-electron chi connectivity index (χ4n) is 2.92. The zero-order valence-electron chi connectivity index (χ0n) is 15.0. The molecule has 0 aromatic carbocycles. The maximum atomic E-state index is 12.1. The summed E-state index contributed by atoms with van der Waals surface area (Å²) >= 11 is 11.3. The van der Waals surface area contributed by atoms with Gasteiger partial charge >= 0.3 is 6.61 Å². The van der Waals surface area contributed by atoms with E-state index in [1.807, 2.05) is 24.4 Å². The first-order valence-corrected chi connectivity index (χ1v) is 10.6. The Kier molecular flexibility index (Phi) is 7.21. The van der Waals surface area contributed by atoms with Crippen LogP contribution in [0.15, 0.2) is 22.1 Å². The van der Waals surface area contributed by atoms with E-state index in [1.54, 1.807) is 15.9 Å². The molecule has 0 bridgehead atoms. The summed E-state index contributed by atoms with van der Waals surface area (Å²) in [6.07, 6.45) is 0.794. The first-order chi connectivity index (χ1) is 13.4. The number of hydrogen-bond acceptors (Lipinski definition) is 6. The minimum absolute atomic E-state index is 0.0951. The lowest BCUT2D eigenvalue weighted by atomic mass is 10.0. The molecule has 28 heavy (non-hydrogen) atoms. The summed E-state index contributed by atoms with van der Waals surface area (Å²) in [7, 11) is 0. The highest BCUT2D eigenvalue weighted by Crippen LogP contribution is 2.32. The number of ether oxygens (including phenoxy) is 1. The number of aryl methyl sites for hydroxylation is 1. The highest BCUT2D eigenvalue weighted by Gasteiger charge is 2.21. The zero-order chi connectivity index (χ0) is 20.3. The normalized spacial score (nSPS) is 12.8. The van der Waals surface area contributed by atoms with Crippen molar-refractivity contribution in [3.8, 4) is 0 Å². The smallest absolute Gasteiger partial charge is 0.345 e. The molecule has 11 heteroatoms. The third-order valence-electron chi connectivity index (χ3n) is 4.27. The van der Waals surface area contributed by atoms with Crippen molar-refractivity contribution in [1.29, 1.82) is 0 Å². The fourth-order valence-corrected chi connectivity index (χ4v) is 4.44. The molecule has 3 aromatic rings. The standard InChI is InChI=1S/C17H19BrClF2N5OS/c1-9-12(7-10(22)4-5-27-17(20)21)14(18)26-13(9)15(24-16(19)25-26)23-8-11-3-2-6-28-11/h2-3,6,10,17H,4-5,7-8,22H2,1H3,(H,23,24,25)/t10-/m0/s1. The number of aromatic nitrogens is 3. The van der Waals surface area contributed by atoms with Crippen molar-refractivity contribution in [2.75, 3.05) is 11.9 Å². The molecular weight excluding hydrogens is 476 g/mol. The van der Waals surface area contributed by atoms with E-state index in [-0.39, 0.29) is 17.9 Å². The van der Waals surface area contributed by atoms with Crippen molar-refractivity contribution in [1.82, 2.24) is 14.6 Å². The van der Waals surface area contributed by atoms with Gasteiger partial charge in [-0.2, -0.15) is 13.8 Å². The Hall–Kier alpha value is -1.33. The molecule has 0 radical (unpaired) electrons. The maximum Gasteiger partial charge on any atom is 0.345 e. The van der Waals surface area contributed by atoms with E-state index in [0.29, 0.717) is 29.8 Å². The summed E-state index contributed by atoms with van der Waals surface area (Å²) in [6.45, 7) is -0.317. The number of hydrogen-bond donors (Lipinski definition) is 2. The number of anilines is 1. The highest BCUT2D eigenvalue weighted by atomic mass is 79.9. The second-order valence-electron chi connectivity index (χ2n) is 6.20. The molecule has 0 spiro atoms. The summed E-state index contributed by atoms with van der Waals surface area (Å²) in [4.78, 5) is 5.50. The molecule has 3 heterocycles. The molecule has 0 saturated heterocycles. The van der Waals surface area contributed by atoms with Gasteiger partial charge in [0.15, 0.2) is 5.82 Å². The molecule has 3 N–H and O–H groups in total. The van der Waals surface area contributed by atoms with Crippen LogP contribution in [0.25, 0.3) is 5.52 Å². The SMILES string of the molecule is Cc1c(C[C@@H](N)CCOC(F)F)c(Br)n2nc(Cl)nc(NCc3cccs3)c12. The van der Waals surface area contributed by atoms with Gasteiger partial charge in [0.2, 0.25) is 5.28 Å². The minimum atomic E-state index is -2.79. The van der Waals surface area contributed by atoms with Gasteiger partial charge in [0.1, 0.15) is 10.1 Å². The molecule has 0 amide bonds. The van der Waals surface area contributed by atoms with E-state index in [9.17, 15) is 8.78 Å². The van der Waals surface area contributed by atoms with Crippen LogP contribution in [0.3, 0.4) is 0 Å². The Balaban J connectivity index is 1.85. The summed E-state index contributed by atoms with van der Waals surface area (Å²) in [5, 5.41) is 9.71. The van der Waals surface area contributed by atoms with E-state index < -0.39 is 6.61 Å². The van der Waals surface area contributed by atoms with Crippen molar-refractivity contribution in [3.63, 3.8) is 0 Å².